The van der Waals surface area contributed by atoms with Crippen molar-refractivity contribution in [3.05, 3.63) is 53.7 Å². The van der Waals surface area contributed by atoms with Gasteiger partial charge in [-0.1, -0.05) is 0 Å². The maximum Gasteiger partial charge on any atom is 0.421 e. The number of hydrogen-bond donors (Lipinski definition) is 0. The second-order valence-corrected chi connectivity index (χ2v) is 6.29. The Bertz CT molecular complexity index is 805. The van der Waals surface area contributed by atoms with Crippen LogP contribution < -0.4 is 4.74 Å². The number of nitrogens with zero attached hydrogens (tertiary/aromatic N) is 3. The molecule has 0 spiro atoms. The molecule has 27 heavy (non-hydrogen) atoms. The molecule has 2 aromatic heterocycles. The van der Waals surface area contributed by atoms with Crippen LogP contribution in [0.4, 0.5) is 17.6 Å². The first-order chi connectivity index (χ1) is 12.8. The number of pyridine rings is 2. The van der Waals surface area contributed by atoms with Crippen LogP contribution in [-0.4, -0.2) is 40.5 Å². The monoisotopic (exact) mass is 383 g/mol. The predicted molar refractivity (Wildman–Crippen MR) is 87.6 cm³/mol. The molecule has 0 saturated carbocycles. The largest absolute Gasteiger partial charge is 0.477 e. The number of likely N-dealkylation sites (tertiary alicyclic amines) is 1. The molecule has 3 rings (SSSR count). The van der Waals surface area contributed by atoms with Crippen molar-refractivity contribution in [3.8, 4) is 5.88 Å². The highest BCUT2D eigenvalue weighted by Gasteiger charge is 2.35. The van der Waals surface area contributed by atoms with Crippen molar-refractivity contribution < 1.29 is 27.1 Å². The Morgan fingerprint density at radius 3 is 2.67 bits per heavy atom. The summed E-state index contributed by atoms with van der Waals surface area (Å²) in [6.45, 7) is 0.916. The molecule has 1 amide bonds. The molecular weight excluding hydrogens is 366 g/mol. The Kier molecular flexibility index (Phi) is 5.57. The van der Waals surface area contributed by atoms with Gasteiger partial charge in [0.25, 0.3) is 5.91 Å². The fraction of sp³-hybridized carbons (Fsp3) is 0.389. The van der Waals surface area contributed by atoms with Crippen molar-refractivity contribution in [1.82, 2.24) is 14.9 Å². The highest BCUT2D eigenvalue weighted by atomic mass is 19.4. The Morgan fingerprint density at radius 1 is 1.26 bits per heavy atom. The van der Waals surface area contributed by atoms with E-state index in [-0.39, 0.29) is 24.0 Å². The van der Waals surface area contributed by atoms with E-state index < -0.39 is 23.4 Å². The van der Waals surface area contributed by atoms with E-state index in [1.807, 2.05) is 0 Å². The molecule has 3 heterocycles. The Morgan fingerprint density at radius 2 is 2.00 bits per heavy atom. The third-order valence-electron chi connectivity index (χ3n) is 4.39. The third kappa shape index (κ3) is 4.72. The van der Waals surface area contributed by atoms with E-state index in [0.29, 0.717) is 25.9 Å². The maximum atomic E-state index is 13.2. The number of alkyl halides is 3. The van der Waals surface area contributed by atoms with Crippen molar-refractivity contribution >= 4 is 5.91 Å². The Hall–Kier alpha value is -2.71. The first kappa shape index (κ1) is 19.1. The van der Waals surface area contributed by atoms with Gasteiger partial charge in [-0.2, -0.15) is 13.2 Å². The van der Waals surface area contributed by atoms with Crippen molar-refractivity contribution in [1.29, 1.82) is 0 Å². The summed E-state index contributed by atoms with van der Waals surface area (Å²) in [7, 11) is 0. The highest BCUT2D eigenvalue weighted by molar-refractivity contribution is 5.93. The van der Waals surface area contributed by atoms with Gasteiger partial charge in [-0.05, 0) is 37.0 Å². The second-order valence-electron chi connectivity index (χ2n) is 6.29. The van der Waals surface area contributed by atoms with Crippen molar-refractivity contribution in [2.75, 3.05) is 19.7 Å². The summed E-state index contributed by atoms with van der Waals surface area (Å²) in [5, 5.41) is 0. The highest BCUT2D eigenvalue weighted by Crippen LogP contribution is 2.35. The standard InChI is InChI=1S/C18H17F4N3O2/c19-14-8-13(9-23-10-14)17(26)25-6-3-12(4-7-25)11-27-16-15(18(20,21)22)2-1-5-24-16/h1-2,5,8-10,12H,3-4,6-7,11H2. The van der Waals surface area contributed by atoms with Crippen LogP contribution in [0.25, 0.3) is 0 Å². The molecule has 1 fully saturated rings. The van der Waals surface area contributed by atoms with Gasteiger partial charge in [0.1, 0.15) is 11.4 Å². The molecule has 0 aromatic carbocycles. The fourth-order valence-corrected chi connectivity index (χ4v) is 2.93. The van der Waals surface area contributed by atoms with Crippen LogP contribution in [0.3, 0.4) is 0 Å². The summed E-state index contributed by atoms with van der Waals surface area (Å²) >= 11 is 0. The lowest BCUT2D eigenvalue weighted by molar-refractivity contribution is -0.139. The molecule has 0 unspecified atom stereocenters. The summed E-state index contributed by atoms with van der Waals surface area (Å²) < 4.78 is 57.3. The molecule has 0 bridgehead atoms. The minimum absolute atomic E-state index is 0.00257. The Labute approximate surface area is 153 Å². The van der Waals surface area contributed by atoms with Gasteiger partial charge >= 0.3 is 6.18 Å². The zero-order chi connectivity index (χ0) is 19.4. The number of hydrogen-bond acceptors (Lipinski definition) is 4. The summed E-state index contributed by atoms with van der Waals surface area (Å²) in [5.74, 6) is -1.33. The SMILES string of the molecule is O=C(c1cncc(F)c1)N1CCC(COc2ncccc2C(F)(F)F)CC1. The first-order valence-corrected chi connectivity index (χ1v) is 8.39. The van der Waals surface area contributed by atoms with Crippen LogP contribution in [0.15, 0.2) is 36.8 Å². The Balaban J connectivity index is 1.54. The quantitative estimate of drug-likeness (QED) is 0.758. The van der Waals surface area contributed by atoms with Gasteiger partial charge in [-0.3, -0.25) is 9.78 Å². The fourth-order valence-electron chi connectivity index (χ4n) is 2.93. The lowest BCUT2D eigenvalue weighted by atomic mass is 9.97. The number of aromatic nitrogens is 2. The van der Waals surface area contributed by atoms with Crippen molar-refractivity contribution in [3.63, 3.8) is 0 Å². The number of ether oxygens (including phenoxy) is 1. The third-order valence-corrected chi connectivity index (χ3v) is 4.39. The summed E-state index contributed by atoms with van der Waals surface area (Å²) in [4.78, 5) is 21.3. The van der Waals surface area contributed by atoms with Gasteiger partial charge in [0.2, 0.25) is 5.88 Å². The number of rotatable bonds is 4. The van der Waals surface area contributed by atoms with Gasteiger partial charge in [-0.25, -0.2) is 9.37 Å². The molecule has 5 nitrogen and oxygen atoms in total. The van der Waals surface area contributed by atoms with Crippen LogP contribution in [0.2, 0.25) is 0 Å². The van der Waals surface area contributed by atoms with Gasteiger partial charge < -0.3 is 9.64 Å². The molecule has 9 heteroatoms. The van der Waals surface area contributed by atoms with E-state index in [9.17, 15) is 22.4 Å². The molecule has 1 aliphatic heterocycles. The predicted octanol–water partition coefficient (Wildman–Crippen LogP) is 3.57. The van der Waals surface area contributed by atoms with Crippen LogP contribution in [-0.2, 0) is 6.18 Å². The average Bonchev–Trinajstić information content (AvgIpc) is 2.66. The minimum atomic E-state index is -4.53. The smallest absolute Gasteiger partial charge is 0.421 e. The van der Waals surface area contributed by atoms with Crippen LogP contribution in [0.5, 0.6) is 5.88 Å². The topological polar surface area (TPSA) is 55.3 Å². The van der Waals surface area contributed by atoms with Gasteiger partial charge in [0, 0.05) is 25.5 Å². The van der Waals surface area contributed by atoms with E-state index in [4.69, 9.17) is 4.74 Å². The molecule has 0 atom stereocenters. The number of carbonyl (C=O) groups excluding carboxylic acids is 1. The molecule has 0 aliphatic carbocycles. The lowest BCUT2D eigenvalue weighted by Gasteiger charge is -2.32. The normalized spacial score (nSPS) is 15.6. The van der Waals surface area contributed by atoms with Crippen LogP contribution in [0, 0.1) is 11.7 Å². The number of piperidine rings is 1. The van der Waals surface area contributed by atoms with Crippen LogP contribution in [0.1, 0.15) is 28.8 Å². The second kappa shape index (κ2) is 7.89. The summed E-state index contributed by atoms with van der Waals surface area (Å²) in [6, 6.07) is 3.27. The zero-order valence-corrected chi connectivity index (χ0v) is 14.2. The number of amides is 1. The number of carbonyl (C=O) groups is 1. The van der Waals surface area contributed by atoms with E-state index in [1.54, 1.807) is 4.90 Å². The zero-order valence-electron chi connectivity index (χ0n) is 14.2. The lowest BCUT2D eigenvalue weighted by Crippen LogP contribution is -2.39. The van der Waals surface area contributed by atoms with E-state index in [2.05, 4.69) is 9.97 Å². The average molecular weight is 383 g/mol. The van der Waals surface area contributed by atoms with E-state index >= 15 is 0 Å². The molecule has 1 aliphatic rings. The molecule has 144 valence electrons. The molecule has 0 radical (unpaired) electrons. The van der Waals surface area contributed by atoms with Gasteiger partial charge in [0.05, 0.1) is 18.4 Å². The van der Waals surface area contributed by atoms with Gasteiger partial charge in [-0.15, -0.1) is 0 Å². The molecular formula is C18H17F4N3O2. The van der Waals surface area contributed by atoms with Crippen molar-refractivity contribution in [2.24, 2.45) is 5.92 Å². The van der Waals surface area contributed by atoms with Crippen molar-refractivity contribution in [2.45, 2.75) is 19.0 Å². The summed E-state index contributed by atoms with van der Waals surface area (Å²) in [6.07, 6.45) is 0.191. The van der Waals surface area contributed by atoms with E-state index in [0.717, 1.165) is 18.3 Å². The van der Waals surface area contributed by atoms with E-state index in [1.165, 1.54) is 18.5 Å². The van der Waals surface area contributed by atoms with Crippen LogP contribution >= 0.6 is 0 Å². The molecule has 1 saturated heterocycles. The summed E-state index contributed by atoms with van der Waals surface area (Å²) in [5.41, 5.74) is -0.732. The van der Waals surface area contributed by atoms with Gasteiger partial charge in [0.15, 0.2) is 0 Å². The minimum Gasteiger partial charge on any atom is -0.477 e. The first-order valence-electron chi connectivity index (χ1n) is 8.39. The molecule has 0 N–H and O–H groups in total. The maximum absolute atomic E-state index is 13.2. The molecule has 2 aromatic rings. The number of halogens is 4.